The lowest BCUT2D eigenvalue weighted by molar-refractivity contribution is -0.120. The SMILES string of the molecule is CSc1ccc(S(=O)(=O)N2CCC(C(=O)Nc3ccc4nc(C)sc4c3)CC2)cc1. The number of nitrogens with one attached hydrogen (secondary N) is 1. The van der Waals surface area contributed by atoms with Crippen molar-refractivity contribution in [3.8, 4) is 0 Å². The van der Waals surface area contributed by atoms with Crippen molar-refractivity contribution < 1.29 is 13.2 Å². The van der Waals surface area contributed by atoms with Gasteiger partial charge in [0.15, 0.2) is 0 Å². The minimum Gasteiger partial charge on any atom is -0.326 e. The summed E-state index contributed by atoms with van der Waals surface area (Å²) in [7, 11) is -3.53. The number of fused-ring (bicyclic) bond motifs is 1. The van der Waals surface area contributed by atoms with Gasteiger partial charge in [-0.15, -0.1) is 23.1 Å². The molecule has 0 radical (unpaired) electrons. The van der Waals surface area contributed by atoms with E-state index < -0.39 is 10.0 Å². The van der Waals surface area contributed by atoms with Crippen LogP contribution in [0.5, 0.6) is 0 Å². The number of sulfonamides is 1. The van der Waals surface area contributed by atoms with Crippen LogP contribution in [0.3, 0.4) is 0 Å². The number of nitrogens with zero attached hydrogens (tertiary/aromatic N) is 2. The summed E-state index contributed by atoms with van der Waals surface area (Å²) in [4.78, 5) is 18.5. The van der Waals surface area contributed by atoms with Gasteiger partial charge in [-0.05, 0) is 68.5 Å². The van der Waals surface area contributed by atoms with Gasteiger partial charge < -0.3 is 5.32 Å². The van der Waals surface area contributed by atoms with E-state index in [1.165, 1.54) is 4.31 Å². The molecule has 3 aromatic rings. The first-order valence-corrected chi connectivity index (χ1v) is 13.2. The van der Waals surface area contributed by atoms with Crippen molar-refractivity contribution in [1.82, 2.24) is 9.29 Å². The predicted octanol–water partition coefficient (Wildman–Crippen LogP) is 4.37. The molecule has 4 rings (SSSR count). The molecule has 0 bridgehead atoms. The van der Waals surface area contributed by atoms with Crippen LogP contribution in [0.1, 0.15) is 17.8 Å². The third kappa shape index (κ3) is 4.39. The number of hydrogen-bond acceptors (Lipinski definition) is 6. The van der Waals surface area contributed by atoms with Crippen LogP contribution >= 0.6 is 23.1 Å². The fourth-order valence-electron chi connectivity index (χ4n) is 3.62. The molecule has 2 aromatic carbocycles. The number of thioether (sulfide) groups is 1. The molecule has 9 heteroatoms. The van der Waals surface area contributed by atoms with E-state index in [0.717, 1.165) is 25.8 Å². The highest BCUT2D eigenvalue weighted by Crippen LogP contribution is 2.28. The van der Waals surface area contributed by atoms with Crippen LogP contribution in [-0.2, 0) is 14.8 Å². The summed E-state index contributed by atoms with van der Waals surface area (Å²) in [5.74, 6) is -0.258. The Kier molecular flexibility index (Phi) is 6.15. The zero-order valence-electron chi connectivity index (χ0n) is 16.8. The number of anilines is 1. The van der Waals surface area contributed by atoms with Crippen molar-refractivity contribution in [2.45, 2.75) is 29.6 Å². The highest BCUT2D eigenvalue weighted by molar-refractivity contribution is 7.98. The van der Waals surface area contributed by atoms with Crippen molar-refractivity contribution in [3.05, 3.63) is 47.5 Å². The maximum absolute atomic E-state index is 12.9. The van der Waals surface area contributed by atoms with E-state index in [4.69, 9.17) is 0 Å². The first-order chi connectivity index (χ1) is 14.4. The van der Waals surface area contributed by atoms with Gasteiger partial charge in [0.2, 0.25) is 15.9 Å². The summed E-state index contributed by atoms with van der Waals surface area (Å²) < 4.78 is 28.3. The molecule has 1 aliphatic heterocycles. The van der Waals surface area contributed by atoms with E-state index in [9.17, 15) is 13.2 Å². The Morgan fingerprint density at radius 2 is 1.87 bits per heavy atom. The number of benzene rings is 2. The number of carbonyl (C=O) groups is 1. The highest BCUT2D eigenvalue weighted by atomic mass is 32.2. The number of rotatable bonds is 5. The quantitative estimate of drug-likeness (QED) is 0.571. The number of amides is 1. The van der Waals surface area contributed by atoms with Crippen LogP contribution in [-0.4, -0.2) is 43.0 Å². The molecule has 0 unspecified atom stereocenters. The third-order valence-electron chi connectivity index (χ3n) is 5.28. The van der Waals surface area contributed by atoms with Gasteiger partial charge in [0.25, 0.3) is 0 Å². The van der Waals surface area contributed by atoms with Crippen molar-refractivity contribution in [2.24, 2.45) is 5.92 Å². The topological polar surface area (TPSA) is 79.4 Å². The van der Waals surface area contributed by atoms with Gasteiger partial charge in [-0.2, -0.15) is 4.31 Å². The zero-order chi connectivity index (χ0) is 21.3. The fourth-order valence-corrected chi connectivity index (χ4v) is 6.36. The van der Waals surface area contributed by atoms with Crippen molar-refractivity contribution in [2.75, 3.05) is 24.7 Å². The number of carbonyl (C=O) groups excluding carboxylic acids is 1. The summed E-state index contributed by atoms with van der Waals surface area (Å²) in [6.07, 6.45) is 2.97. The Morgan fingerprint density at radius 1 is 1.17 bits per heavy atom. The normalized spacial score (nSPS) is 16.1. The maximum Gasteiger partial charge on any atom is 0.243 e. The number of aryl methyl sites for hydroxylation is 1. The lowest BCUT2D eigenvalue weighted by Gasteiger charge is -2.30. The van der Waals surface area contributed by atoms with E-state index in [2.05, 4.69) is 10.3 Å². The molecule has 0 spiro atoms. The first kappa shape index (κ1) is 21.3. The summed E-state index contributed by atoms with van der Waals surface area (Å²) in [6, 6.07) is 12.6. The van der Waals surface area contributed by atoms with Gasteiger partial charge in [0.1, 0.15) is 0 Å². The molecule has 6 nitrogen and oxygen atoms in total. The molecule has 0 atom stereocenters. The Morgan fingerprint density at radius 3 is 2.53 bits per heavy atom. The molecule has 2 heterocycles. The molecule has 1 aromatic heterocycles. The summed E-state index contributed by atoms with van der Waals surface area (Å²) in [5, 5.41) is 3.97. The molecule has 0 saturated carbocycles. The van der Waals surface area contributed by atoms with E-state index in [0.29, 0.717) is 30.8 Å². The number of hydrogen-bond donors (Lipinski definition) is 1. The molecular weight excluding hydrogens is 438 g/mol. The summed E-state index contributed by atoms with van der Waals surface area (Å²) in [5.41, 5.74) is 1.68. The van der Waals surface area contributed by atoms with Gasteiger partial charge in [0, 0.05) is 29.6 Å². The van der Waals surface area contributed by atoms with Crippen LogP contribution in [0.15, 0.2) is 52.3 Å². The van der Waals surface area contributed by atoms with Gasteiger partial charge in [0.05, 0.1) is 20.1 Å². The van der Waals surface area contributed by atoms with Crippen molar-refractivity contribution in [1.29, 1.82) is 0 Å². The Hall–Kier alpha value is -1.94. The fraction of sp³-hybridized carbons (Fsp3) is 0.333. The predicted molar refractivity (Wildman–Crippen MR) is 123 cm³/mol. The van der Waals surface area contributed by atoms with Gasteiger partial charge in [-0.25, -0.2) is 13.4 Å². The second kappa shape index (κ2) is 8.66. The average Bonchev–Trinajstić information content (AvgIpc) is 3.13. The van der Waals surface area contributed by atoms with E-state index in [1.807, 2.05) is 43.5 Å². The van der Waals surface area contributed by atoms with Crippen LogP contribution in [0.4, 0.5) is 5.69 Å². The molecule has 158 valence electrons. The lowest BCUT2D eigenvalue weighted by Crippen LogP contribution is -2.41. The molecule has 0 aliphatic carbocycles. The van der Waals surface area contributed by atoms with Crippen LogP contribution in [0, 0.1) is 12.8 Å². The molecule has 30 heavy (non-hydrogen) atoms. The third-order valence-corrected chi connectivity index (χ3v) is 8.87. The second-order valence-electron chi connectivity index (χ2n) is 7.26. The lowest BCUT2D eigenvalue weighted by atomic mass is 9.97. The van der Waals surface area contributed by atoms with E-state index in [-0.39, 0.29) is 11.8 Å². The Labute approximate surface area is 184 Å². The second-order valence-corrected chi connectivity index (χ2v) is 11.3. The molecule has 1 saturated heterocycles. The molecule has 1 fully saturated rings. The molecule has 1 aliphatic rings. The standard InChI is InChI=1S/C21H23N3O3S3/c1-14-22-19-8-3-16(13-20(19)29-14)23-21(25)15-9-11-24(12-10-15)30(26,27)18-6-4-17(28-2)5-7-18/h3-8,13,15H,9-12H2,1-2H3,(H,23,25). The first-order valence-electron chi connectivity index (χ1n) is 9.69. The highest BCUT2D eigenvalue weighted by Gasteiger charge is 2.32. The molecular formula is C21H23N3O3S3. The summed E-state index contributed by atoms with van der Waals surface area (Å²) in [6.45, 7) is 2.65. The van der Waals surface area contributed by atoms with Crippen molar-refractivity contribution in [3.63, 3.8) is 0 Å². The zero-order valence-corrected chi connectivity index (χ0v) is 19.2. The Bertz CT molecular complexity index is 1170. The average molecular weight is 462 g/mol. The van der Waals surface area contributed by atoms with Crippen molar-refractivity contribution >= 4 is 54.9 Å². The minimum atomic E-state index is -3.53. The molecule has 1 amide bonds. The van der Waals surface area contributed by atoms with Gasteiger partial charge >= 0.3 is 0 Å². The van der Waals surface area contributed by atoms with Crippen LogP contribution < -0.4 is 5.32 Å². The Balaban J connectivity index is 1.38. The molecule has 1 N–H and O–H groups in total. The number of piperidine rings is 1. The largest absolute Gasteiger partial charge is 0.326 e. The van der Waals surface area contributed by atoms with Crippen LogP contribution in [0.2, 0.25) is 0 Å². The van der Waals surface area contributed by atoms with Gasteiger partial charge in [-0.1, -0.05) is 0 Å². The monoisotopic (exact) mass is 461 g/mol. The maximum atomic E-state index is 12.9. The van der Waals surface area contributed by atoms with Gasteiger partial charge in [-0.3, -0.25) is 4.79 Å². The van der Waals surface area contributed by atoms with E-state index in [1.54, 1.807) is 35.2 Å². The van der Waals surface area contributed by atoms with E-state index >= 15 is 0 Å². The smallest absolute Gasteiger partial charge is 0.243 e. The number of thiazole rings is 1. The number of aromatic nitrogens is 1. The van der Waals surface area contributed by atoms with Crippen LogP contribution in [0.25, 0.3) is 10.2 Å². The summed E-state index contributed by atoms with van der Waals surface area (Å²) >= 11 is 3.17. The minimum absolute atomic E-state index is 0.0584.